The Balaban J connectivity index is 0.963. The molecular weight excluding hydrogens is 632 g/mol. The van der Waals surface area contributed by atoms with Gasteiger partial charge in [0.05, 0.1) is 30.1 Å². The van der Waals surface area contributed by atoms with Gasteiger partial charge in [-0.15, -0.1) is 0 Å². The zero-order chi connectivity index (χ0) is 35.7. The van der Waals surface area contributed by atoms with E-state index in [1.54, 1.807) is 30.5 Å². The van der Waals surface area contributed by atoms with Crippen LogP contribution in [0.25, 0.3) is 0 Å². The van der Waals surface area contributed by atoms with Gasteiger partial charge in [0.15, 0.2) is 0 Å². The van der Waals surface area contributed by atoms with Gasteiger partial charge >= 0.3 is 5.97 Å². The first kappa shape index (κ1) is 35.0. The average molecular weight is 681 g/mol. The Morgan fingerprint density at radius 2 is 1.60 bits per heavy atom. The Hall–Kier alpha value is -4.82. The molecule has 1 aromatic heterocycles. The number of benzene rings is 2. The van der Waals surface area contributed by atoms with E-state index in [1.807, 2.05) is 18.2 Å². The monoisotopic (exact) mass is 680 g/mol. The van der Waals surface area contributed by atoms with Crippen LogP contribution in [0, 0.1) is 22.7 Å². The maximum atomic E-state index is 13.5. The first-order valence-electron chi connectivity index (χ1n) is 17.5. The van der Waals surface area contributed by atoms with Crippen LogP contribution in [0.2, 0.25) is 0 Å². The number of nitriles is 1. The van der Waals surface area contributed by atoms with E-state index in [4.69, 9.17) is 14.6 Å². The largest absolute Gasteiger partial charge is 0.495 e. The van der Waals surface area contributed by atoms with Crippen LogP contribution >= 0.6 is 0 Å². The molecule has 1 saturated carbocycles. The van der Waals surface area contributed by atoms with E-state index in [1.165, 1.54) is 7.11 Å². The predicted octanol–water partition coefficient (Wildman–Crippen LogP) is 5.45. The predicted molar refractivity (Wildman–Crippen MR) is 192 cm³/mol. The molecular formula is C39H48N6O5. The van der Waals surface area contributed by atoms with Crippen molar-refractivity contribution in [2.24, 2.45) is 11.3 Å². The van der Waals surface area contributed by atoms with Crippen LogP contribution in [0.15, 0.2) is 60.8 Å². The lowest BCUT2D eigenvalue weighted by atomic mass is 9.48. The summed E-state index contributed by atoms with van der Waals surface area (Å²) in [6.45, 7) is 15.2. The van der Waals surface area contributed by atoms with E-state index >= 15 is 0 Å². The van der Waals surface area contributed by atoms with Gasteiger partial charge in [0.2, 0.25) is 0 Å². The van der Waals surface area contributed by atoms with Crippen molar-refractivity contribution in [1.82, 2.24) is 15.2 Å². The highest BCUT2D eigenvalue weighted by atomic mass is 16.5. The molecule has 2 aliphatic heterocycles. The molecule has 11 nitrogen and oxygen atoms in total. The van der Waals surface area contributed by atoms with Crippen molar-refractivity contribution in [2.45, 2.75) is 58.1 Å². The molecule has 2 N–H and O–H groups in total. The summed E-state index contributed by atoms with van der Waals surface area (Å²) in [4.78, 5) is 35.9. The molecule has 0 spiro atoms. The minimum Gasteiger partial charge on any atom is -0.495 e. The number of carboxylic acids is 1. The van der Waals surface area contributed by atoms with Crippen LogP contribution < -0.4 is 24.6 Å². The Morgan fingerprint density at radius 1 is 0.940 bits per heavy atom. The third kappa shape index (κ3) is 6.81. The number of pyridine rings is 1. The smallest absolute Gasteiger partial charge is 0.354 e. The van der Waals surface area contributed by atoms with Crippen LogP contribution in [0.3, 0.4) is 0 Å². The number of methoxy groups -OCH3 is 1. The molecule has 3 aromatic rings. The third-order valence-electron chi connectivity index (χ3n) is 11.7. The van der Waals surface area contributed by atoms with Crippen LogP contribution in [-0.2, 0) is 0 Å². The number of hydrogen-bond donors (Lipinski definition) is 2. The van der Waals surface area contributed by atoms with Gasteiger partial charge < -0.3 is 29.7 Å². The Labute approximate surface area is 294 Å². The Morgan fingerprint density at radius 3 is 2.18 bits per heavy atom. The number of amides is 1. The lowest BCUT2D eigenvalue weighted by molar-refractivity contribution is -0.180. The number of nitrogens with zero attached hydrogens (tertiary/aromatic N) is 5. The molecule has 2 saturated heterocycles. The van der Waals surface area contributed by atoms with E-state index < -0.39 is 17.1 Å². The second kappa shape index (κ2) is 13.8. The zero-order valence-corrected chi connectivity index (χ0v) is 29.7. The molecule has 1 amide bonds. The van der Waals surface area contributed by atoms with Crippen molar-refractivity contribution in [1.29, 1.82) is 5.26 Å². The van der Waals surface area contributed by atoms with Crippen molar-refractivity contribution in [2.75, 3.05) is 62.7 Å². The second-order valence-corrected chi connectivity index (χ2v) is 14.9. The summed E-state index contributed by atoms with van der Waals surface area (Å²) in [7, 11) is 1.54. The van der Waals surface area contributed by atoms with Gasteiger partial charge in [-0.3, -0.25) is 9.69 Å². The standard InChI is InChI=1S/C39H48N6O5/c1-37(2)38(3,26-39(37,4)50-32-12-8-29(23-40)34(22-32)49-5)42-35(46)28-6-9-30(10-7-28)44-16-14-27(15-17-44)25-43-18-20-45(21-19-43)31-11-13-33(36(47)48)41-24-31/h6-13,22,24,27H,14-21,25-26H2,1-5H3,(H,42,46)(H,47,48). The molecule has 2 unspecified atom stereocenters. The summed E-state index contributed by atoms with van der Waals surface area (Å²) in [5.74, 6) is 0.657. The fourth-order valence-corrected chi connectivity index (χ4v) is 7.82. The topological polar surface area (TPSA) is 131 Å². The van der Waals surface area contributed by atoms with E-state index in [0.29, 0.717) is 35.0 Å². The Bertz CT molecular complexity index is 1740. The van der Waals surface area contributed by atoms with Crippen molar-refractivity contribution in [3.63, 3.8) is 0 Å². The number of carbonyl (C=O) groups is 2. The maximum absolute atomic E-state index is 13.5. The van der Waals surface area contributed by atoms with Gasteiger partial charge in [-0.25, -0.2) is 9.78 Å². The molecule has 6 rings (SSSR count). The van der Waals surface area contributed by atoms with Crippen molar-refractivity contribution < 1.29 is 24.2 Å². The van der Waals surface area contributed by atoms with Crippen LogP contribution in [0.1, 0.15) is 73.4 Å². The number of rotatable bonds is 10. The molecule has 3 heterocycles. The van der Waals surface area contributed by atoms with E-state index in [0.717, 1.165) is 70.0 Å². The molecule has 264 valence electrons. The fourth-order valence-electron chi connectivity index (χ4n) is 7.82. The molecule has 0 radical (unpaired) electrons. The maximum Gasteiger partial charge on any atom is 0.354 e. The van der Waals surface area contributed by atoms with Gasteiger partial charge in [0, 0.05) is 75.0 Å². The first-order valence-corrected chi connectivity index (χ1v) is 17.5. The minimum atomic E-state index is -1.00. The average Bonchev–Trinajstić information content (AvgIpc) is 3.12. The highest BCUT2D eigenvalue weighted by Crippen LogP contribution is 2.58. The molecule has 3 fully saturated rings. The summed E-state index contributed by atoms with van der Waals surface area (Å²) in [6.07, 6.45) is 4.55. The number of carboxylic acid groups (broad SMARTS) is 1. The SMILES string of the molecule is COc1cc(OC2(C)CC(C)(NC(=O)c3ccc(N4CCC(CN5CCN(c6ccc(C(=O)O)nc6)CC5)CC4)cc3)C2(C)C)ccc1C#N. The van der Waals surface area contributed by atoms with Crippen LogP contribution in [0.5, 0.6) is 11.5 Å². The number of aromatic carboxylic acids is 1. The number of nitrogens with one attached hydrogen (secondary N) is 1. The van der Waals surface area contributed by atoms with Crippen molar-refractivity contribution in [3.8, 4) is 17.6 Å². The molecule has 1 aliphatic carbocycles. The lowest BCUT2D eigenvalue weighted by Gasteiger charge is -2.65. The van der Waals surface area contributed by atoms with Crippen molar-refractivity contribution >= 4 is 23.3 Å². The quantitative estimate of drug-likeness (QED) is 0.285. The van der Waals surface area contributed by atoms with Crippen LogP contribution in [0.4, 0.5) is 11.4 Å². The summed E-state index contributed by atoms with van der Waals surface area (Å²) >= 11 is 0. The summed E-state index contributed by atoms with van der Waals surface area (Å²) in [6, 6.07) is 18.8. The summed E-state index contributed by atoms with van der Waals surface area (Å²) in [5.41, 5.74) is 1.88. The molecule has 2 atom stereocenters. The van der Waals surface area contributed by atoms with Gasteiger partial charge in [0.1, 0.15) is 28.9 Å². The minimum absolute atomic E-state index is 0.0715. The summed E-state index contributed by atoms with van der Waals surface area (Å²) < 4.78 is 11.8. The number of hydrogen-bond acceptors (Lipinski definition) is 9. The van der Waals surface area contributed by atoms with E-state index in [9.17, 15) is 14.9 Å². The number of piperazine rings is 1. The van der Waals surface area contributed by atoms with Gasteiger partial charge in [0.25, 0.3) is 5.91 Å². The highest BCUT2D eigenvalue weighted by Gasteiger charge is 2.67. The molecule has 3 aliphatic rings. The number of piperidine rings is 1. The van der Waals surface area contributed by atoms with Crippen LogP contribution in [-0.4, -0.2) is 90.9 Å². The number of carbonyl (C=O) groups excluding carboxylic acids is 1. The van der Waals surface area contributed by atoms with E-state index in [2.05, 4.69) is 70.9 Å². The number of anilines is 2. The first-order chi connectivity index (χ1) is 23.8. The summed E-state index contributed by atoms with van der Waals surface area (Å²) in [5, 5.41) is 21.7. The highest BCUT2D eigenvalue weighted by molar-refractivity contribution is 5.95. The molecule has 2 aromatic carbocycles. The normalized spacial score (nSPS) is 23.8. The molecule has 0 bridgehead atoms. The zero-order valence-electron chi connectivity index (χ0n) is 29.7. The van der Waals surface area contributed by atoms with Gasteiger partial charge in [-0.05, 0) is 81.1 Å². The number of ether oxygens (including phenoxy) is 2. The molecule has 11 heteroatoms. The van der Waals surface area contributed by atoms with Gasteiger partial charge in [-0.2, -0.15) is 5.26 Å². The fraction of sp³-hybridized carbons (Fsp3) is 0.487. The third-order valence-corrected chi connectivity index (χ3v) is 11.7. The lowest BCUT2D eigenvalue weighted by Crippen LogP contribution is -2.77. The molecule has 50 heavy (non-hydrogen) atoms. The van der Waals surface area contributed by atoms with Gasteiger partial charge in [-0.1, -0.05) is 13.8 Å². The van der Waals surface area contributed by atoms with Crippen molar-refractivity contribution in [3.05, 3.63) is 77.6 Å². The number of aromatic nitrogens is 1. The second-order valence-electron chi connectivity index (χ2n) is 14.9. The van der Waals surface area contributed by atoms with E-state index in [-0.39, 0.29) is 17.0 Å². The Kier molecular flexibility index (Phi) is 9.69.